The molecule has 0 aliphatic carbocycles. The summed E-state index contributed by atoms with van der Waals surface area (Å²) >= 11 is 12.3. The second-order valence-corrected chi connectivity index (χ2v) is 10.3. The SMILES string of the molecule is O=C(CN(C[C@@H]1CCCO1)C(=O)c1ccc(Cl)cc1)N1CCN(c2ccc(-c3ccccc3Cl)nn2)CC1. The smallest absolute Gasteiger partial charge is 0.254 e. The Hall–Kier alpha value is -3.20. The number of carbonyl (C=O) groups excluding carboxylic acids is 2. The Morgan fingerprint density at radius 3 is 2.37 bits per heavy atom. The molecule has 0 N–H and O–H groups in total. The second kappa shape index (κ2) is 12.1. The molecule has 1 aromatic heterocycles. The van der Waals surface area contributed by atoms with Crippen molar-refractivity contribution in [1.29, 1.82) is 0 Å². The van der Waals surface area contributed by atoms with E-state index in [2.05, 4.69) is 15.1 Å². The van der Waals surface area contributed by atoms with Crippen molar-refractivity contribution in [3.8, 4) is 11.3 Å². The fourth-order valence-electron chi connectivity index (χ4n) is 4.78. The van der Waals surface area contributed by atoms with Gasteiger partial charge in [-0.25, -0.2) is 0 Å². The molecule has 2 aliphatic heterocycles. The van der Waals surface area contributed by atoms with Crippen molar-refractivity contribution in [3.05, 3.63) is 76.3 Å². The fourth-order valence-corrected chi connectivity index (χ4v) is 5.14. The Bertz CT molecular complexity index is 1260. The van der Waals surface area contributed by atoms with Crippen LogP contribution in [0, 0.1) is 0 Å². The molecule has 38 heavy (non-hydrogen) atoms. The molecule has 0 saturated carbocycles. The third-order valence-corrected chi connectivity index (χ3v) is 7.49. The third kappa shape index (κ3) is 6.26. The Balaban J connectivity index is 1.20. The summed E-state index contributed by atoms with van der Waals surface area (Å²) in [6.07, 6.45) is 1.79. The topological polar surface area (TPSA) is 78.9 Å². The predicted octanol–water partition coefficient (Wildman–Crippen LogP) is 4.42. The maximum atomic E-state index is 13.3. The first kappa shape index (κ1) is 26.4. The number of aromatic nitrogens is 2. The lowest BCUT2D eigenvalue weighted by Crippen LogP contribution is -2.52. The van der Waals surface area contributed by atoms with Gasteiger partial charge in [0, 0.05) is 55.5 Å². The van der Waals surface area contributed by atoms with Gasteiger partial charge >= 0.3 is 0 Å². The van der Waals surface area contributed by atoms with E-state index in [4.69, 9.17) is 27.9 Å². The van der Waals surface area contributed by atoms with Crippen molar-refractivity contribution in [2.75, 3.05) is 50.8 Å². The van der Waals surface area contributed by atoms with Crippen LogP contribution in [-0.2, 0) is 9.53 Å². The molecule has 3 heterocycles. The van der Waals surface area contributed by atoms with Gasteiger partial charge in [-0.05, 0) is 55.3 Å². The average molecular weight is 554 g/mol. The van der Waals surface area contributed by atoms with Crippen LogP contribution in [0.2, 0.25) is 10.0 Å². The number of amides is 2. The number of nitrogens with zero attached hydrogens (tertiary/aromatic N) is 5. The standard InChI is InChI=1S/C28H29Cl2N5O3/c29-21-9-7-20(8-10-21)28(37)35(18-22-4-3-17-38-22)19-27(36)34-15-13-33(14-16-34)26-12-11-25(31-32-26)23-5-1-2-6-24(23)30/h1-2,5-12,22H,3-4,13-19H2/t22-/m0/s1. The quantitative estimate of drug-likeness (QED) is 0.431. The van der Waals surface area contributed by atoms with E-state index in [1.54, 1.807) is 34.1 Å². The molecule has 2 saturated heterocycles. The molecule has 2 aromatic carbocycles. The number of rotatable bonds is 7. The lowest BCUT2D eigenvalue weighted by atomic mass is 10.1. The number of piperazine rings is 1. The zero-order chi connectivity index (χ0) is 26.5. The van der Waals surface area contributed by atoms with Crippen LogP contribution in [0.3, 0.4) is 0 Å². The molecular formula is C28H29Cl2N5O3. The molecule has 1 atom stereocenters. The lowest BCUT2D eigenvalue weighted by molar-refractivity contribution is -0.132. The Morgan fingerprint density at radius 1 is 0.947 bits per heavy atom. The molecule has 198 valence electrons. The number of anilines is 1. The van der Waals surface area contributed by atoms with Gasteiger partial charge in [-0.15, -0.1) is 10.2 Å². The van der Waals surface area contributed by atoms with Crippen LogP contribution in [0.25, 0.3) is 11.3 Å². The summed E-state index contributed by atoms with van der Waals surface area (Å²) in [5, 5.41) is 9.95. The van der Waals surface area contributed by atoms with E-state index in [0.717, 1.165) is 24.2 Å². The maximum absolute atomic E-state index is 13.3. The summed E-state index contributed by atoms with van der Waals surface area (Å²) in [5.74, 6) is 0.481. The minimum atomic E-state index is -0.196. The number of carbonyl (C=O) groups is 2. The normalized spacial score (nSPS) is 17.5. The number of halogens is 2. The van der Waals surface area contributed by atoms with Gasteiger partial charge < -0.3 is 19.4 Å². The van der Waals surface area contributed by atoms with Crippen molar-refractivity contribution < 1.29 is 14.3 Å². The van der Waals surface area contributed by atoms with Crippen LogP contribution in [0.15, 0.2) is 60.7 Å². The Labute approximate surface area is 232 Å². The number of hydrogen-bond donors (Lipinski definition) is 0. The number of benzene rings is 2. The summed E-state index contributed by atoms with van der Waals surface area (Å²) in [7, 11) is 0. The molecule has 2 amide bonds. The van der Waals surface area contributed by atoms with E-state index >= 15 is 0 Å². The van der Waals surface area contributed by atoms with E-state index < -0.39 is 0 Å². The largest absolute Gasteiger partial charge is 0.376 e. The first-order chi connectivity index (χ1) is 18.5. The highest BCUT2D eigenvalue weighted by molar-refractivity contribution is 6.33. The van der Waals surface area contributed by atoms with Crippen LogP contribution in [0.1, 0.15) is 23.2 Å². The van der Waals surface area contributed by atoms with Crippen LogP contribution >= 0.6 is 23.2 Å². The molecule has 5 rings (SSSR count). The average Bonchev–Trinajstić information content (AvgIpc) is 3.46. The highest BCUT2D eigenvalue weighted by Gasteiger charge is 2.29. The molecule has 0 bridgehead atoms. The van der Waals surface area contributed by atoms with E-state index in [1.165, 1.54) is 0 Å². The molecule has 2 fully saturated rings. The highest BCUT2D eigenvalue weighted by Crippen LogP contribution is 2.26. The van der Waals surface area contributed by atoms with Crippen molar-refractivity contribution in [2.24, 2.45) is 0 Å². The second-order valence-electron chi connectivity index (χ2n) is 9.45. The van der Waals surface area contributed by atoms with E-state index in [0.29, 0.717) is 60.6 Å². The molecule has 8 nitrogen and oxygen atoms in total. The van der Waals surface area contributed by atoms with Gasteiger partial charge in [-0.3, -0.25) is 9.59 Å². The van der Waals surface area contributed by atoms with E-state index in [1.807, 2.05) is 36.4 Å². The monoisotopic (exact) mass is 553 g/mol. The predicted molar refractivity (Wildman–Crippen MR) is 148 cm³/mol. The number of ether oxygens (including phenoxy) is 1. The summed E-state index contributed by atoms with van der Waals surface area (Å²) in [5.41, 5.74) is 2.05. The first-order valence-corrected chi connectivity index (χ1v) is 13.5. The van der Waals surface area contributed by atoms with Gasteiger partial charge in [0.05, 0.1) is 16.8 Å². The summed E-state index contributed by atoms with van der Waals surface area (Å²) in [6, 6.07) is 18.1. The van der Waals surface area contributed by atoms with Gasteiger partial charge in [0.2, 0.25) is 5.91 Å². The van der Waals surface area contributed by atoms with Gasteiger partial charge in [0.1, 0.15) is 6.54 Å². The molecule has 10 heteroatoms. The lowest BCUT2D eigenvalue weighted by Gasteiger charge is -2.36. The van der Waals surface area contributed by atoms with Crippen LogP contribution < -0.4 is 4.90 Å². The van der Waals surface area contributed by atoms with E-state index in [9.17, 15) is 9.59 Å². The van der Waals surface area contributed by atoms with Gasteiger partial charge in [-0.1, -0.05) is 41.4 Å². The van der Waals surface area contributed by atoms with Gasteiger partial charge in [-0.2, -0.15) is 0 Å². The Morgan fingerprint density at radius 2 is 1.71 bits per heavy atom. The minimum absolute atomic E-state index is 0.00760. The van der Waals surface area contributed by atoms with Gasteiger partial charge in [0.15, 0.2) is 5.82 Å². The Kier molecular flexibility index (Phi) is 8.42. The molecule has 0 unspecified atom stereocenters. The van der Waals surface area contributed by atoms with Crippen LogP contribution in [-0.4, -0.2) is 83.8 Å². The summed E-state index contributed by atoms with van der Waals surface area (Å²) < 4.78 is 5.76. The third-order valence-electron chi connectivity index (χ3n) is 6.91. The molecular weight excluding hydrogens is 525 g/mol. The minimum Gasteiger partial charge on any atom is -0.376 e. The highest BCUT2D eigenvalue weighted by atomic mass is 35.5. The van der Waals surface area contributed by atoms with Crippen molar-refractivity contribution >= 4 is 40.8 Å². The first-order valence-electron chi connectivity index (χ1n) is 12.8. The molecule has 0 radical (unpaired) electrons. The summed E-state index contributed by atoms with van der Waals surface area (Å²) in [4.78, 5) is 32.1. The van der Waals surface area contributed by atoms with Crippen LogP contribution in [0.5, 0.6) is 0 Å². The molecule has 3 aromatic rings. The van der Waals surface area contributed by atoms with Crippen LogP contribution in [0.4, 0.5) is 5.82 Å². The zero-order valence-corrected chi connectivity index (χ0v) is 22.4. The van der Waals surface area contributed by atoms with Gasteiger partial charge in [0.25, 0.3) is 5.91 Å². The fraction of sp³-hybridized carbons (Fsp3) is 0.357. The summed E-state index contributed by atoms with van der Waals surface area (Å²) in [6.45, 7) is 3.41. The van der Waals surface area contributed by atoms with Crippen molar-refractivity contribution in [1.82, 2.24) is 20.0 Å². The van der Waals surface area contributed by atoms with E-state index in [-0.39, 0.29) is 24.5 Å². The number of hydrogen-bond acceptors (Lipinski definition) is 6. The molecule has 0 spiro atoms. The van der Waals surface area contributed by atoms with Crippen molar-refractivity contribution in [3.63, 3.8) is 0 Å². The molecule has 2 aliphatic rings. The van der Waals surface area contributed by atoms with Crippen molar-refractivity contribution in [2.45, 2.75) is 18.9 Å². The zero-order valence-electron chi connectivity index (χ0n) is 20.9. The maximum Gasteiger partial charge on any atom is 0.254 e.